The Labute approximate surface area is 142 Å². The second-order valence-corrected chi connectivity index (χ2v) is 6.12. The molecule has 0 bridgehead atoms. The van der Waals surface area contributed by atoms with Gasteiger partial charge >= 0.3 is 0 Å². The number of hydrogen-bond acceptors (Lipinski definition) is 4. The second-order valence-electron chi connectivity index (χ2n) is 6.12. The third-order valence-electron chi connectivity index (χ3n) is 4.19. The largest absolute Gasteiger partial charge is 0.380 e. The van der Waals surface area contributed by atoms with Gasteiger partial charge in [-0.1, -0.05) is 30.3 Å². The molecular weight excluding hydrogens is 302 g/mol. The van der Waals surface area contributed by atoms with Gasteiger partial charge in [-0.2, -0.15) is 0 Å². The van der Waals surface area contributed by atoms with E-state index in [1.165, 1.54) is 0 Å². The van der Waals surface area contributed by atoms with Crippen molar-refractivity contribution >= 4 is 11.7 Å². The van der Waals surface area contributed by atoms with Crippen LogP contribution in [0.4, 0.5) is 5.82 Å². The zero-order chi connectivity index (χ0) is 16.8. The maximum Gasteiger partial charge on any atom is 0.224 e. The number of aromatic nitrogens is 1. The van der Waals surface area contributed by atoms with E-state index in [-0.39, 0.29) is 11.9 Å². The van der Waals surface area contributed by atoms with E-state index in [4.69, 9.17) is 4.74 Å². The van der Waals surface area contributed by atoms with Crippen molar-refractivity contribution in [2.45, 2.75) is 25.5 Å². The molecule has 3 rings (SSSR count). The van der Waals surface area contributed by atoms with Crippen molar-refractivity contribution in [2.24, 2.45) is 0 Å². The molecule has 1 aliphatic rings. The molecule has 0 radical (unpaired) electrons. The highest BCUT2D eigenvalue weighted by atomic mass is 16.5. The predicted octanol–water partition coefficient (Wildman–Crippen LogP) is 2.17. The summed E-state index contributed by atoms with van der Waals surface area (Å²) in [7, 11) is 1.67. The number of nitrogens with zero attached hydrogens (tertiary/aromatic N) is 2. The molecule has 2 heterocycles. The van der Waals surface area contributed by atoms with Crippen molar-refractivity contribution in [2.75, 3.05) is 25.1 Å². The summed E-state index contributed by atoms with van der Waals surface area (Å²) in [6, 6.07) is 14.1. The molecule has 0 unspecified atom stereocenters. The molecule has 1 aliphatic heterocycles. The summed E-state index contributed by atoms with van der Waals surface area (Å²) in [5, 5.41) is 3.14. The number of ether oxygens (including phenoxy) is 1. The smallest absolute Gasteiger partial charge is 0.224 e. The van der Waals surface area contributed by atoms with Gasteiger partial charge in [0.15, 0.2) is 0 Å². The van der Waals surface area contributed by atoms with E-state index in [1.807, 2.05) is 42.5 Å². The Kier molecular flexibility index (Phi) is 5.43. The first kappa shape index (κ1) is 16.5. The van der Waals surface area contributed by atoms with Crippen LogP contribution in [0.5, 0.6) is 0 Å². The summed E-state index contributed by atoms with van der Waals surface area (Å²) in [4.78, 5) is 18.9. The molecule has 1 aromatic heterocycles. The van der Waals surface area contributed by atoms with E-state index in [1.54, 1.807) is 13.3 Å². The van der Waals surface area contributed by atoms with E-state index in [0.29, 0.717) is 13.0 Å². The van der Waals surface area contributed by atoms with E-state index < -0.39 is 0 Å². The number of carbonyl (C=O) groups is 1. The molecule has 0 aliphatic carbocycles. The average molecular weight is 325 g/mol. The van der Waals surface area contributed by atoms with Crippen LogP contribution in [0.25, 0.3) is 0 Å². The minimum Gasteiger partial charge on any atom is -0.380 e. The monoisotopic (exact) mass is 325 g/mol. The number of pyridine rings is 1. The Balaban J connectivity index is 1.51. The van der Waals surface area contributed by atoms with E-state index in [2.05, 4.69) is 15.2 Å². The Hall–Kier alpha value is -2.40. The number of methoxy groups -OCH3 is 1. The van der Waals surface area contributed by atoms with Crippen LogP contribution in [0.1, 0.15) is 17.5 Å². The third kappa shape index (κ3) is 4.32. The van der Waals surface area contributed by atoms with Crippen LogP contribution in [-0.4, -0.2) is 37.1 Å². The predicted molar refractivity (Wildman–Crippen MR) is 93.9 cm³/mol. The average Bonchev–Trinajstić information content (AvgIpc) is 3.04. The normalized spacial score (nSPS) is 17.0. The SMILES string of the molecule is COCc1cccc(CC(=O)N[C@@H]2CCN(c3ccccn3)C2)c1. The van der Waals surface area contributed by atoms with Gasteiger partial charge in [0.25, 0.3) is 0 Å². The lowest BCUT2D eigenvalue weighted by atomic mass is 10.1. The summed E-state index contributed by atoms with van der Waals surface area (Å²) in [5.74, 6) is 1.04. The number of carbonyl (C=O) groups excluding carboxylic acids is 1. The molecule has 0 spiro atoms. The van der Waals surface area contributed by atoms with Crippen molar-refractivity contribution in [1.29, 1.82) is 0 Å². The van der Waals surface area contributed by atoms with Crippen molar-refractivity contribution < 1.29 is 9.53 Å². The fourth-order valence-corrected chi connectivity index (χ4v) is 3.09. The maximum atomic E-state index is 12.3. The summed E-state index contributed by atoms with van der Waals surface area (Å²) in [6.07, 6.45) is 3.15. The number of nitrogens with one attached hydrogen (secondary N) is 1. The van der Waals surface area contributed by atoms with Crippen LogP contribution < -0.4 is 10.2 Å². The van der Waals surface area contributed by atoms with Crippen molar-refractivity contribution in [3.8, 4) is 0 Å². The van der Waals surface area contributed by atoms with Gasteiger partial charge in [0.2, 0.25) is 5.91 Å². The van der Waals surface area contributed by atoms with Gasteiger partial charge in [-0.3, -0.25) is 4.79 Å². The van der Waals surface area contributed by atoms with E-state index >= 15 is 0 Å². The molecular formula is C19H23N3O2. The molecule has 1 aromatic carbocycles. The highest BCUT2D eigenvalue weighted by molar-refractivity contribution is 5.79. The molecule has 1 amide bonds. The van der Waals surface area contributed by atoms with Crippen LogP contribution in [0.2, 0.25) is 0 Å². The highest BCUT2D eigenvalue weighted by Crippen LogP contribution is 2.17. The quantitative estimate of drug-likeness (QED) is 0.884. The van der Waals surface area contributed by atoms with Crippen LogP contribution in [-0.2, 0) is 22.6 Å². The number of hydrogen-bond donors (Lipinski definition) is 1. The van der Waals surface area contributed by atoms with Crippen LogP contribution in [0.15, 0.2) is 48.7 Å². The first-order valence-corrected chi connectivity index (χ1v) is 8.26. The summed E-state index contributed by atoms with van der Waals surface area (Å²) >= 11 is 0. The van der Waals surface area contributed by atoms with Gasteiger partial charge in [-0.25, -0.2) is 4.98 Å². The van der Waals surface area contributed by atoms with Gasteiger partial charge in [-0.15, -0.1) is 0 Å². The maximum absolute atomic E-state index is 12.3. The highest BCUT2D eigenvalue weighted by Gasteiger charge is 2.24. The number of rotatable bonds is 6. The summed E-state index contributed by atoms with van der Waals surface area (Å²) in [5.41, 5.74) is 2.10. The van der Waals surface area contributed by atoms with Gasteiger partial charge in [0, 0.05) is 32.4 Å². The molecule has 1 fully saturated rings. The fraction of sp³-hybridized carbons (Fsp3) is 0.368. The number of benzene rings is 1. The van der Waals surface area contributed by atoms with Gasteiger partial charge in [0.05, 0.1) is 13.0 Å². The molecule has 5 nitrogen and oxygen atoms in total. The van der Waals surface area contributed by atoms with Gasteiger partial charge < -0.3 is 15.0 Å². The van der Waals surface area contributed by atoms with E-state index in [9.17, 15) is 4.79 Å². The molecule has 1 N–H and O–H groups in total. The zero-order valence-electron chi connectivity index (χ0n) is 13.9. The lowest BCUT2D eigenvalue weighted by Crippen LogP contribution is -2.38. The first-order chi connectivity index (χ1) is 11.7. The second kappa shape index (κ2) is 7.93. The summed E-state index contributed by atoms with van der Waals surface area (Å²) < 4.78 is 5.14. The zero-order valence-corrected chi connectivity index (χ0v) is 13.9. The molecule has 5 heteroatoms. The van der Waals surface area contributed by atoms with Crippen LogP contribution in [0, 0.1) is 0 Å². The Morgan fingerprint density at radius 1 is 1.29 bits per heavy atom. The summed E-state index contributed by atoms with van der Waals surface area (Å²) in [6.45, 7) is 2.30. The van der Waals surface area contributed by atoms with E-state index in [0.717, 1.165) is 36.5 Å². The molecule has 1 saturated heterocycles. The lowest BCUT2D eigenvalue weighted by molar-refractivity contribution is -0.121. The topological polar surface area (TPSA) is 54.5 Å². The Bertz CT molecular complexity index is 675. The lowest BCUT2D eigenvalue weighted by Gasteiger charge is -2.17. The Morgan fingerprint density at radius 3 is 2.96 bits per heavy atom. The number of anilines is 1. The molecule has 24 heavy (non-hydrogen) atoms. The molecule has 0 saturated carbocycles. The Morgan fingerprint density at radius 2 is 2.17 bits per heavy atom. The standard InChI is InChI=1S/C19H23N3O2/c1-24-14-16-6-4-5-15(11-16)12-19(23)21-17-8-10-22(13-17)18-7-2-3-9-20-18/h2-7,9,11,17H,8,10,12-14H2,1H3,(H,21,23)/t17-/m1/s1. The fourth-order valence-electron chi connectivity index (χ4n) is 3.09. The number of amides is 1. The minimum atomic E-state index is 0.0671. The first-order valence-electron chi connectivity index (χ1n) is 8.26. The third-order valence-corrected chi connectivity index (χ3v) is 4.19. The molecule has 1 atom stereocenters. The minimum absolute atomic E-state index is 0.0671. The van der Waals surface area contributed by atoms with Crippen LogP contribution >= 0.6 is 0 Å². The van der Waals surface area contributed by atoms with Crippen molar-refractivity contribution in [1.82, 2.24) is 10.3 Å². The van der Waals surface area contributed by atoms with Gasteiger partial charge in [0.1, 0.15) is 5.82 Å². The van der Waals surface area contributed by atoms with Gasteiger partial charge in [-0.05, 0) is 29.7 Å². The van der Waals surface area contributed by atoms with Crippen molar-refractivity contribution in [3.05, 3.63) is 59.8 Å². The molecule has 126 valence electrons. The van der Waals surface area contributed by atoms with Crippen molar-refractivity contribution in [3.63, 3.8) is 0 Å². The molecule has 2 aromatic rings. The van der Waals surface area contributed by atoms with Crippen LogP contribution in [0.3, 0.4) is 0 Å².